The van der Waals surface area contributed by atoms with E-state index >= 15 is 0 Å². The van der Waals surface area contributed by atoms with Gasteiger partial charge in [0.05, 0.1) is 23.1 Å². The molecule has 2 aromatic rings. The summed E-state index contributed by atoms with van der Waals surface area (Å²) < 4.78 is 22.8. The molecule has 0 bridgehead atoms. The van der Waals surface area contributed by atoms with Crippen LogP contribution >= 0.6 is 0 Å². The molecule has 1 unspecified atom stereocenters. The van der Waals surface area contributed by atoms with Crippen molar-refractivity contribution in [2.75, 3.05) is 11.5 Å². The summed E-state index contributed by atoms with van der Waals surface area (Å²) in [5.74, 6) is 0.269. The van der Waals surface area contributed by atoms with Crippen molar-refractivity contribution in [3.8, 4) is 0 Å². The van der Waals surface area contributed by atoms with E-state index in [1.165, 1.54) is 0 Å². The Bertz CT molecular complexity index is 682. The number of aliphatic hydroxyl groups excluding tert-OH is 1. The topological polar surface area (TPSA) is 67.3 Å². The Morgan fingerprint density at radius 2 is 1.95 bits per heavy atom. The van der Waals surface area contributed by atoms with Crippen LogP contribution in [-0.4, -0.2) is 30.0 Å². The molecule has 0 saturated carbocycles. The fourth-order valence-electron chi connectivity index (χ4n) is 2.06. The quantitative estimate of drug-likeness (QED) is 0.888. The summed E-state index contributed by atoms with van der Waals surface area (Å²) in [6.45, 7) is 1.64. The van der Waals surface area contributed by atoms with Crippen molar-refractivity contribution in [1.82, 2.24) is 4.98 Å². The van der Waals surface area contributed by atoms with E-state index in [-0.39, 0.29) is 11.5 Å². The van der Waals surface area contributed by atoms with Crippen molar-refractivity contribution in [2.24, 2.45) is 0 Å². The van der Waals surface area contributed by atoms with E-state index in [2.05, 4.69) is 4.98 Å². The minimum Gasteiger partial charge on any atom is -0.387 e. The molecule has 0 spiro atoms. The first-order chi connectivity index (χ1) is 9.52. The molecule has 4 nitrogen and oxygen atoms in total. The van der Waals surface area contributed by atoms with Gasteiger partial charge in [-0.05, 0) is 25.0 Å². The first-order valence-corrected chi connectivity index (χ1v) is 8.58. The van der Waals surface area contributed by atoms with Crippen molar-refractivity contribution in [3.05, 3.63) is 42.1 Å². The zero-order valence-corrected chi connectivity index (χ0v) is 12.3. The minimum atomic E-state index is -2.96. The molecule has 1 N–H and O–H groups in total. The summed E-state index contributed by atoms with van der Waals surface area (Å²) in [4.78, 5) is 4.41. The van der Waals surface area contributed by atoms with E-state index in [9.17, 15) is 13.5 Å². The summed E-state index contributed by atoms with van der Waals surface area (Å²) in [6.07, 6.45) is 0.142. The van der Waals surface area contributed by atoms with Crippen LogP contribution in [0.3, 0.4) is 0 Å². The van der Waals surface area contributed by atoms with Gasteiger partial charge in [0, 0.05) is 11.1 Å². The maximum absolute atomic E-state index is 11.4. The van der Waals surface area contributed by atoms with Crippen LogP contribution in [-0.2, 0) is 9.84 Å². The molecular weight excluding hydrogens is 274 g/mol. The molecule has 0 aliphatic rings. The van der Waals surface area contributed by atoms with Gasteiger partial charge in [0.1, 0.15) is 9.84 Å². The van der Waals surface area contributed by atoms with Crippen LogP contribution < -0.4 is 0 Å². The fourth-order valence-corrected chi connectivity index (χ4v) is 2.95. The highest BCUT2D eigenvalue weighted by molar-refractivity contribution is 7.91. The van der Waals surface area contributed by atoms with Gasteiger partial charge in [0.2, 0.25) is 0 Å². The van der Waals surface area contributed by atoms with Crippen molar-refractivity contribution >= 4 is 20.7 Å². The summed E-state index contributed by atoms with van der Waals surface area (Å²) in [5.41, 5.74) is 1.43. The van der Waals surface area contributed by atoms with Crippen LogP contribution in [0.2, 0.25) is 0 Å². The lowest BCUT2D eigenvalue weighted by Gasteiger charge is -2.10. The summed E-state index contributed by atoms with van der Waals surface area (Å²) in [5, 5.41) is 11.1. The predicted molar refractivity (Wildman–Crippen MR) is 80.3 cm³/mol. The van der Waals surface area contributed by atoms with Gasteiger partial charge >= 0.3 is 0 Å². The number of fused-ring (bicyclic) bond motifs is 1. The number of aliphatic hydroxyl groups is 1. The highest BCUT2D eigenvalue weighted by Gasteiger charge is 2.12. The number of aromatic nitrogens is 1. The summed E-state index contributed by atoms with van der Waals surface area (Å²) >= 11 is 0. The molecule has 20 heavy (non-hydrogen) atoms. The second-order valence-electron chi connectivity index (χ2n) is 4.82. The number of benzene rings is 1. The van der Waals surface area contributed by atoms with Gasteiger partial charge in [0.15, 0.2) is 0 Å². The zero-order valence-electron chi connectivity index (χ0n) is 11.5. The lowest BCUT2D eigenvalue weighted by Crippen LogP contribution is -2.10. The molecular formula is C15H19NO3S. The van der Waals surface area contributed by atoms with E-state index in [0.717, 1.165) is 10.9 Å². The number of hydrogen-bond acceptors (Lipinski definition) is 4. The van der Waals surface area contributed by atoms with Gasteiger partial charge < -0.3 is 5.11 Å². The molecule has 0 radical (unpaired) electrons. The smallest absolute Gasteiger partial charge is 0.150 e. The fraction of sp³-hybridized carbons (Fsp3) is 0.400. The Morgan fingerprint density at radius 1 is 1.20 bits per heavy atom. The molecule has 2 rings (SSSR count). The molecule has 0 amide bonds. The number of para-hydroxylation sites is 1. The van der Waals surface area contributed by atoms with Crippen LogP contribution in [0.5, 0.6) is 0 Å². The van der Waals surface area contributed by atoms with Crippen LogP contribution in [0.1, 0.15) is 31.6 Å². The number of hydrogen-bond donors (Lipinski definition) is 1. The maximum Gasteiger partial charge on any atom is 0.150 e. The lowest BCUT2D eigenvalue weighted by atomic mass is 10.1. The Balaban J connectivity index is 2.02. The standard InChI is InChI=1S/C15H19NO3S/c1-2-20(18,19)11-5-8-15(17)14-10-9-12-6-3-4-7-13(12)16-14/h3-4,6-7,9-10,15,17H,2,5,8,11H2,1H3. The molecule has 1 atom stereocenters. The van der Waals surface area contributed by atoms with Crippen LogP contribution in [0.15, 0.2) is 36.4 Å². The highest BCUT2D eigenvalue weighted by atomic mass is 32.2. The van der Waals surface area contributed by atoms with Crippen LogP contribution in [0.25, 0.3) is 10.9 Å². The minimum absolute atomic E-state index is 0.119. The zero-order chi connectivity index (χ0) is 14.6. The second kappa shape index (κ2) is 6.33. The number of pyridine rings is 1. The van der Waals surface area contributed by atoms with Crippen molar-refractivity contribution < 1.29 is 13.5 Å². The normalized spacial score (nSPS) is 13.5. The van der Waals surface area contributed by atoms with E-state index in [4.69, 9.17) is 0 Å². The van der Waals surface area contributed by atoms with Crippen molar-refractivity contribution in [1.29, 1.82) is 0 Å². The lowest BCUT2D eigenvalue weighted by molar-refractivity contribution is 0.162. The Hall–Kier alpha value is -1.46. The van der Waals surface area contributed by atoms with E-state index in [0.29, 0.717) is 18.5 Å². The largest absolute Gasteiger partial charge is 0.387 e. The van der Waals surface area contributed by atoms with Gasteiger partial charge in [-0.25, -0.2) is 8.42 Å². The van der Waals surface area contributed by atoms with E-state index < -0.39 is 15.9 Å². The molecule has 0 saturated heterocycles. The maximum atomic E-state index is 11.4. The van der Waals surface area contributed by atoms with Gasteiger partial charge in [-0.2, -0.15) is 0 Å². The highest BCUT2D eigenvalue weighted by Crippen LogP contribution is 2.20. The average molecular weight is 293 g/mol. The van der Waals surface area contributed by atoms with Gasteiger partial charge in [0.25, 0.3) is 0 Å². The summed E-state index contributed by atoms with van der Waals surface area (Å²) in [7, 11) is -2.96. The van der Waals surface area contributed by atoms with E-state index in [1.54, 1.807) is 13.0 Å². The van der Waals surface area contributed by atoms with E-state index in [1.807, 2.05) is 30.3 Å². The third-order valence-electron chi connectivity index (χ3n) is 3.33. The first kappa shape index (κ1) is 14.9. The molecule has 108 valence electrons. The number of rotatable bonds is 6. The van der Waals surface area contributed by atoms with Gasteiger partial charge in [-0.3, -0.25) is 4.98 Å². The molecule has 0 fully saturated rings. The first-order valence-electron chi connectivity index (χ1n) is 6.76. The SMILES string of the molecule is CCS(=O)(=O)CCCC(O)c1ccc2ccccc2n1. The number of sulfone groups is 1. The molecule has 5 heteroatoms. The predicted octanol–water partition coefficient (Wildman–Crippen LogP) is 2.48. The van der Waals surface area contributed by atoms with Crippen molar-refractivity contribution in [3.63, 3.8) is 0 Å². The van der Waals surface area contributed by atoms with Crippen molar-refractivity contribution in [2.45, 2.75) is 25.9 Å². The summed E-state index contributed by atoms with van der Waals surface area (Å²) in [6, 6.07) is 11.4. The molecule has 0 aliphatic heterocycles. The van der Waals surface area contributed by atoms with Gasteiger partial charge in [-0.15, -0.1) is 0 Å². The molecule has 1 aromatic carbocycles. The molecule has 1 aromatic heterocycles. The Morgan fingerprint density at radius 3 is 2.70 bits per heavy atom. The third-order valence-corrected chi connectivity index (χ3v) is 5.12. The third kappa shape index (κ3) is 3.77. The van der Waals surface area contributed by atoms with Crippen LogP contribution in [0.4, 0.5) is 0 Å². The molecule has 1 heterocycles. The Kier molecular flexibility index (Phi) is 4.73. The monoisotopic (exact) mass is 293 g/mol. The number of nitrogens with zero attached hydrogens (tertiary/aromatic N) is 1. The average Bonchev–Trinajstić information content (AvgIpc) is 2.46. The molecule has 0 aliphatic carbocycles. The van der Waals surface area contributed by atoms with Gasteiger partial charge in [-0.1, -0.05) is 31.2 Å². The van der Waals surface area contributed by atoms with Crippen LogP contribution in [0, 0.1) is 0 Å². The second-order valence-corrected chi connectivity index (χ2v) is 7.30. The Labute approximate surface area is 119 Å².